The molecular formula is C18H30N2. The summed E-state index contributed by atoms with van der Waals surface area (Å²) in [4.78, 5) is 2.51. The van der Waals surface area contributed by atoms with Gasteiger partial charge < -0.3 is 5.32 Å². The summed E-state index contributed by atoms with van der Waals surface area (Å²) < 4.78 is 0. The van der Waals surface area contributed by atoms with Gasteiger partial charge in [0.15, 0.2) is 0 Å². The fourth-order valence-corrected chi connectivity index (χ4v) is 3.23. The van der Waals surface area contributed by atoms with Gasteiger partial charge in [0.2, 0.25) is 0 Å². The lowest BCUT2D eigenvalue weighted by atomic mass is 9.91. The first-order valence-corrected chi connectivity index (χ1v) is 8.02. The average molecular weight is 274 g/mol. The van der Waals surface area contributed by atoms with E-state index in [1.165, 1.54) is 24.1 Å². The zero-order chi connectivity index (χ0) is 14.7. The third kappa shape index (κ3) is 3.62. The molecule has 0 amide bonds. The molecule has 1 aromatic carbocycles. The van der Waals surface area contributed by atoms with Crippen LogP contribution in [-0.2, 0) is 0 Å². The van der Waals surface area contributed by atoms with Crippen LogP contribution in [0.3, 0.4) is 0 Å². The maximum atomic E-state index is 3.61. The standard InChI is InChI=1S/C18H30N2/c1-13(2)15-6-8-16(9-7-15)18-17(10-11-20(18)5)12-19-14(3)4/h6-9,13-14,17-19H,10-12H2,1-5H3. The summed E-state index contributed by atoms with van der Waals surface area (Å²) in [5.74, 6) is 1.34. The summed E-state index contributed by atoms with van der Waals surface area (Å²) in [6, 6.07) is 10.4. The van der Waals surface area contributed by atoms with Crippen molar-refractivity contribution in [3.05, 3.63) is 35.4 Å². The lowest BCUT2D eigenvalue weighted by Crippen LogP contribution is -2.32. The van der Waals surface area contributed by atoms with Crippen molar-refractivity contribution in [3.8, 4) is 0 Å². The molecule has 2 nitrogen and oxygen atoms in total. The number of rotatable bonds is 5. The molecule has 2 rings (SSSR count). The molecule has 0 aromatic heterocycles. The van der Waals surface area contributed by atoms with E-state index in [0.29, 0.717) is 18.0 Å². The van der Waals surface area contributed by atoms with Gasteiger partial charge in [0.25, 0.3) is 0 Å². The highest BCUT2D eigenvalue weighted by molar-refractivity contribution is 5.28. The molecule has 112 valence electrons. The Morgan fingerprint density at radius 3 is 2.35 bits per heavy atom. The van der Waals surface area contributed by atoms with E-state index in [4.69, 9.17) is 0 Å². The van der Waals surface area contributed by atoms with Crippen LogP contribution in [0.2, 0.25) is 0 Å². The first-order chi connectivity index (χ1) is 9.49. The number of benzene rings is 1. The number of nitrogens with one attached hydrogen (secondary N) is 1. The number of nitrogens with zero attached hydrogens (tertiary/aromatic N) is 1. The number of hydrogen-bond donors (Lipinski definition) is 1. The molecule has 0 bridgehead atoms. The van der Waals surface area contributed by atoms with Crippen LogP contribution in [0, 0.1) is 5.92 Å². The Kier molecular flexibility index (Phi) is 5.22. The predicted molar refractivity (Wildman–Crippen MR) is 87.1 cm³/mol. The Balaban J connectivity index is 2.10. The maximum Gasteiger partial charge on any atom is 0.0385 e. The lowest BCUT2D eigenvalue weighted by molar-refractivity contribution is 0.269. The van der Waals surface area contributed by atoms with Gasteiger partial charge >= 0.3 is 0 Å². The van der Waals surface area contributed by atoms with E-state index in [9.17, 15) is 0 Å². The topological polar surface area (TPSA) is 15.3 Å². The molecule has 20 heavy (non-hydrogen) atoms. The Bertz CT molecular complexity index is 408. The molecule has 1 aliphatic rings. The molecule has 1 saturated heterocycles. The lowest BCUT2D eigenvalue weighted by Gasteiger charge is -2.27. The summed E-state index contributed by atoms with van der Waals surface area (Å²) in [5.41, 5.74) is 2.91. The third-order valence-electron chi connectivity index (χ3n) is 4.51. The van der Waals surface area contributed by atoms with E-state index in [-0.39, 0.29) is 0 Å². The summed E-state index contributed by atoms with van der Waals surface area (Å²) >= 11 is 0. The van der Waals surface area contributed by atoms with Gasteiger partial charge in [-0.25, -0.2) is 0 Å². The zero-order valence-corrected chi connectivity index (χ0v) is 13.7. The molecule has 2 atom stereocenters. The fourth-order valence-electron chi connectivity index (χ4n) is 3.23. The average Bonchev–Trinajstić information content (AvgIpc) is 2.77. The molecule has 1 aromatic rings. The maximum absolute atomic E-state index is 3.61. The fraction of sp³-hybridized carbons (Fsp3) is 0.667. The van der Waals surface area contributed by atoms with Crippen LogP contribution in [-0.4, -0.2) is 31.1 Å². The van der Waals surface area contributed by atoms with Crippen molar-refractivity contribution in [1.29, 1.82) is 0 Å². The van der Waals surface area contributed by atoms with Crippen LogP contribution < -0.4 is 5.32 Å². The van der Waals surface area contributed by atoms with Crippen molar-refractivity contribution < 1.29 is 0 Å². The van der Waals surface area contributed by atoms with Gasteiger partial charge in [0, 0.05) is 18.6 Å². The van der Waals surface area contributed by atoms with Gasteiger partial charge in [-0.2, -0.15) is 0 Å². The van der Waals surface area contributed by atoms with Gasteiger partial charge in [-0.1, -0.05) is 52.0 Å². The summed E-state index contributed by atoms with van der Waals surface area (Å²) in [5, 5.41) is 3.61. The highest BCUT2D eigenvalue weighted by Crippen LogP contribution is 2.36. The third-order valence-corrected chi connectivity index (χ3v) is 4.51. The van der Waals surface area contributed by atoms with E-state index in [1.54, 1.807) is 0 Å². The molecule has 2 unspecified atom stereocenters. The second kappa shape index (κ2) is 6.73. The highest BCUT2D eigenvalue weighted by atomic mass is 15.2. The Morgan fingerprint density at radius 2 is 1.80 bits per heavy atom. The van der Waals surface area contributed by atoms with Crippen LogP contribution in [0.15, 0.2) is 24.3 Å². The minimum Gasteiger partial charge on any atom is -0.314 e. The minimum absolute atomic E-state index is 0.572. The van der Waals surface area contributed by atoms with Crippen LogP contribution in [0.25, 0.3) is 0 Å². The van der Waals surface area contributed by atoms with E-state index >= 15 is 0 Å². The molecule has 0 spiro atoms. The molecule has 1 heterocycles. The Labute approximate surface area is 124 Å². The monoisotopic (exact) mass is 274 g/mol. The minimum atomic E-state index is 0.572. The van der Waals surface area contributed by atoms with E-state index in [0.717, 1.165) is 12.5 Å². The molecule has 0 radical (unpaired) electrons. The van der Waals surface area contributed by atoms with Gasteiger partial charge in [-0.3, -0.25) is 4.90 Å². The van der Waals surface area contributed by atoms with Crippen molar-refractivity contribution in [2.24, 2.45) is 5.92 Å². The summed E-state index contributed by atoms with van der Waals surface area (Å²) in [6.45, 7) is 11.3. The zero-order valence-electron chi connectivity index (χ0n) is 13.7. The van der Waals surface area contributed by atoms with Crippen molar-refractivity contribution in [3.63, 3.8) is 0 Å². The normalized spacial score (nSPS) is 23.9. The Hall–Kier alpha value is -0.860. The van der Waals surface area contributed by atoms with Crippen LogP contribution in [0.4, 0.5) is 0 Å². The van der Waals surface area contributed by atoms with E-state index in [1.807, 2.05) is 0 Å². The van der Waals surface area contributed by atoms with Gasteiger partial charge in [-0.15, -0.1) is 0 Å². The van der Waals surface area contributed by atoms with Crippen molar-refractivity contribution >= 4 is 0 Å². The van der Waals surface area contributed by atoms with Crippen LogP contribution in [0.5, 0.6) is 0 Å². The molecule has 1 fully saturated rings. The van der Waals surface area contributed by atoms with Crippen molar-refractivity contribution in [2.45, 2.75) is 52.1 Å². The van der Waals surface area contributed by atoms with Gasteiger partial charge in [-0.05, 0) is 43.0 Å². The number of likely N-dealkylation sites (tertiary alicyclic amines) is 1. The van der Waals surface area contributed by atoms with Crippen molar-refractivity contribution in [1.82, 2.24) is 10.2 Å². The summed E-state index contributed by atoms with van der Waals surface area (Å²) in [6.07, 6.45) is 1.30. The van der Waals surface area contributed by atoms with Crippen LogP contribution >= 0.6 is 0 Å². The molecule has 0 aliphatic carbocycles. The molecular weight excluding hydrogens is 244 g/mol. The Morgan fingerprint density at radius 1 is 1.15 bits per heavy atom. The second-order valence-electron chi connectivity index (χ2n) is 6.86. The first kappa shape index (κ1) is 15.5. The molecule has 1 N–H and O–H groups in total. The largest absolute Gasteiger partial charge is 0.314 e. The second-order valence-corrected chi connectivity index (χ2v) is 6.86. The van der Waals surface area contributed by atoms with Gasteiger partial charge in [0.1, 0.15) is 0 Å². The first-order valence-electron chi connectivity index (χ1n) is 8.02. The molecule has 0 saturated carbocycles. The number of hydrogen-bond acceptors (Lipinski definition) is 2. The predicted octanol–water partition coefficient (Wildman–Crippen LogP) is 3.80. The molecule has 2 heteroatoms. The van der Waals surface area contributed by atoms with Gasteiger partial charge in [0.05, 0.1) is 0 Å². The van der Waals surface area contributed by atoms with Crippen LogP contribution in [0.1, 0.15) is 57.2 Å². The van der Waals surface area contributed by atoms with E-state index in [2.05, 4.69) is 69.2 Å². The summed E-state index contributed by atoms with van der Waals surface area (Å²) in [7, 11) is 2.26. The highest BCUT2D eigenvalue weighted by Gasteiger charge is 2.32. The van der Waals surface area contributed by atoms with E-state index < -0.39 is 0 Å². The van der Waals surface area contributed by atoms with Crippen molar-refractivity contribution in [2.75, 3.05) is 20.1 Å². The SMILES string of the molecule is CC(C)NCC1CCN(C)C1c1ccc(C(C)C)cc1. The quantitative estimate of drug-likeness (QED) is 0.878. The smallest absolute Gasteiger partial charge is 0.0385 e. The molecule has 1 aliphatic heterocycles.